The number of hydrogen-bond acceptors (Lipinski definition) is 5. The second kappa shape index (κ2) is 7.08. The number of benzene rings is 1. The van der Waals surface area contributed by atoms with Crippen LogP contribution in [0.4, 0.5) is 0 Å². The number of ketones is 1. The Morgan fingerprint density at radius 2 is 2.05 bits per heavy atom. The Labute approximate surface area is 126 Å². The lowest BCUT2D eigenvalue weighted by molar-refractivity contribution is 0.102. The summed E-state index contributed by atoms with van der Waals surface area (Å²) in [6.07, 6.45) is 0.684. The van der Waals surface area contributed by atoms with Crippen molar-refractivity contribution in [1.82, 2.24) is 9.97 Å². The van der Waals surface area contributed by atoms with Crippen LogP contribution in [0.15, 0.2) is 40.3 Å². The van der Waals surface area contributed by atoms with E-state index >= 15 is 0 Å². The molecule has 0 aliphatic rings. The second-order valence-electron chi connectivity index (χ2n) is 4.34. The number of aryl methyl sites for hydroxylation is 1. The van der Waals surface area contributed by atoms with E-state index in [1.807, 2.05) is 6.92 Å². The topological polar surface area (TPSA) is 72.0 Å². The highest BCUT2D eigenvalue weighted by Crippen LogP contribution is 2.16. The summed E-state index contributed by atoms with van der Waals surface area (Å²) in [6.45, 7) is 1.93. The molecule has 0 bridgehead atoms. The summed E-state index contributed by atoms with van der Waals surface area (Å²) in [6, 6.07) is 8.40. The van der Waals surface area contributed by atoms with Crippen LogP contribution in [0.5, 0.6) is 5.75 Å². The minimum absolute atomic E-state index is 0.0211. The highest BCUT2D eigenvalue weighted by molar-refractivity contribution is 7.99. The Hall–Kier alpha value is -2.08. The predicted molar refractivity (Wildman–Crippen MR) is 82.3 cm³/mol. The van der Waals surface area contributed by atoms with Crippen LogP contribution in [-0.4, -0.2) is 28.6 Å². The number of aromatic amines is 1. The number of ether oxygens (including phenoxy) is 1. The average Bonchev–Trinajstić information content (AvgIpc) is 2.52. The lowest BCUT2D eigenvalue weighted by Gasteiger charge is -2.04. The third-order valence-corrected chi connectivity index (χ3v) is 3.76. The van der Waals surface area contributed by atoms with Crippen molar-refractivity contribution in [3.63, 3.8) is 0 Å². The van der Waals surface area contributed by atoms with Gasteiger partial charge in [0.2, 0.25) is 0 Å². The number of Topliss-reactive ketones (excluding diaryl/α,β-unsaturated/α-hetero) is 1. The molecule has 0 radical (unpaired) electrons. The highest BCUT2D eigenvalue weighted by atomic mass is 32.2. The van der Waals surface area contributed by atoms with E-state index in [9.17, 15) is 9.59 Å². The van der Waals surface area contributed by atoms with E-state index < -0.39 is 0 Å². The molecule has 0 saturated carbocycles. The number of carbonyl (C=O) groups is 1. The van der Waals surface area contributed by atoms with E-state index in [1.54, 1.807) is 31.4 Å². The fourth-order valence-corrected chi connectivity index (χ4v) is 2.52. The van der Waals surface area contributed by atoms with Crippen LogP contribution in [0.25, 0.3) is 0 Å². The molecule has 0 unspecified atom stereocenters. The van der Waals surface area contributed by atoms with Gasteiger partial charge in [-0.15, -0.1) is 0 Å². The first-order valence-corrected chi connectivity index (χ1v) is 7.51. The third-order valence-electron chi connectivity index (χ3n) is 2.89. The number of thioether (sulfide) groups is 1. The van der Waals surface area contributed by atoms with Gasteiger partial charge in [-0.3, -0.25) is 9.59 Å². The molecule has 5 nitrogen and oxygen atoms in total. The SMILES string of the molecule is CCc1cc(=O)[nH]c(SCC(=O)c2ccc(OC)cc2)n1. The Kier molecular flexibility index (Phi) is 5.16. The molecule has 0 aliphatic heterocycles. The number of carbonyl (C=O) groups excluding carboxylic acids is 1. The normalized spacial score (nSPS) is 10.4. The lowest BCUT2D eigenvalue weighted by atomic mass is 10.1. The van der Waals surface area contributed by atoms with Gasteiger partial charge in [0.1, 0.15) is 5.75 Å². The first-order valence-electron chi connectivity index (χ1n) is 6.52. The number of nitrogens with one attached hydrogen (secondary N) is 1. The van der Waals surface area contributed by atoms with Gasteiger partial charge in [-0.1, -0.05) is 18.7 Å². The summed E-state index contributed by atoms with van der Waals surface area (Å²) >= 11 is 1.23. The standard InChI is InChI=1S/C15H16N2O3S/c1-3-11-8-14(19)17-15(16-11)21-9-13(18)10-4-6-12(20-2)7-5-10/h4-8H,3,9H2,1-2H3,(H,16,17,19). The molecule has 0 fully saturated rings. The number of hydrogen-bond donors (Lipinski definition) is 1. The molecule has 110 valence electrons. The van der Waals surface area contributed by atoms with E-state index in [0.717, 1.165) is 5.69 Å². The minimum Gasteiger partial charge on any atom is -0.497 e. The number of methoxy groups -OCH3 is 1. The van der Waals surface area contributed by atoms with Gasteiger partial charge in [-0.2, -0.15) is 0 Å². The maximum absolute atomic E-state index is 12.1. The minimum atomic E-state index is -0.193. The zero-order valence-electron chi connectivity index (χ0n) is 11.9. The quantitative estimate of drug-likeness (QED) is 0.504. The molecule has 0 aliphatic carbocycles. The van der Waals surface area contributed by atoms with Gasteiger partial charge in [-0.05, 0) is 30.7 Å². The van der Waals surface area contributed by atoms with Crippen molar-refractivity contribution in [2.75, 3.05) is 12.9 Å². The Morgan fingerprint density at radius 3 is 2.67 bits per heavy atom. The molecule has 0 saturated heterocycles. The van der Waals surface area contributed by atoms with Gasteiger partial charge < -0.3 is 9.72 Å². The Morgan fingerprint density at radius 1 is 1.33 bits per heavy atom. The molecular weight excluding hydrogens is 288 g/mol. The zero-order chi connectivity index (χ0) is 15.2. The molecule has 2 aromatic rings. The van der Waals surface area contributed by atoms with Gasteiger partial charge in [0.15, 0.2) is 10.9 Å². The van der Waals surface area contributed by atoms with E-state index in [1.165, 1.54) is 17.8 Å². The van der Waals surface area contributed by atoms with Crippen LogP contribution in [0, 0.1) is 0 Å². The van der Waals surface area contributed by atoms with Crippen molar-refractivity contribution in [2.24, 2.45) is 0 Å². The molecule has 2 rings (SSSR count). The van der Waals surface area contributed by atoms with Crippen molar-refractivity contribution in [3.05, 3.63) is 51.9 Å². The molecule has 0 spiro atoms. The Bertz CT molecular complexity index is 680. The van der Waals surface area contributed by atoms with Crippen molar-refractivity contribution in [1.29, 1.82) is 0 Å². The second-order valence-corrected chi connectivity index (χ2v) is 5.30. The molecule has 1 aromatic heterocycles. The summed E-state index contributed by atoms with van der Waals surface area (Å²) in [5, 5.41) is 0.473. The van der Waals surface area contributed by atoms with Gasteiger partial charge in [0.25, 0.3) is 5.56 Å². The summed E-state index contributed by atoms with van der Waals surface area (Å²) in [7, 11) is 1.58. The van der Waals surface area contributed by atoms with Crippen LogP contribution in [0.2, 0.25) is 0 Å². The molecular formula is C15H16N2O3S. The lowest BCUT2D eigenvalue weighted by Crippen LogP contribution is -2.11. The molecule has 0 amide bonds. The molecule has 6 heteroatoms. The van der Waals surface area contributed by atoms with E-state index in [-0.39, 0.29) is 17.1 Å². The number of aromatic nitrogens is 2. The number of rotatable bonds is 6. The van der Waals surface area contributed by atoms with E-state index in [0.29, 0.717) is 22.9 Å². The van der Waals surface area contributed by atoms with E-state index in [2.05, 4.69) is 9.97 Å². The van der Waals surface area contributed by atoms with Crippen molar-refractivity contribution in [2.45, 2.75) is 18.5 Å². The molecule has 21 heavy (non-hydrogen) atoms. The van der Waals surface area contributed by atoms with Crippen LogP contribution in [-0.2, 0) is 6.42 Å². The zero-order valence-corrected chi connectivity index (χ0v) is 12.7. The maximum Gasteiger partial charge on any atom is 0.251 e. The van der Waals surface area contributed by atoms with Crippen molar-refractivity contribution >= 4 is 17.5 Å². The maximum atomic E-state index is 12.1. The monoisotopic (exact) mass is 304 g/mol. The van der Waals surface area contributed by atoms with Crippen LogP contribution < -0.4 is 10.3 Å². The molecule has 1 N–H and O–H groups in total. The first kappa shape index (κ1) is 15.3. The number of H-pyrrole nitrogens is 1. The third kappa shape index (κ3) is 4.19. The highest BCUT2D eigenvalue weighted by Gasteiger charge is 2.08. The van der Waals surface area contributed by atoms with Gasteiger partial charge >= 0.3 is 0 Å². The summed E-state index contributed by atoms with van der Waals surface area (Å²) in [4.78, 5) is 30.4. The summed E-state index contributed by atoms with van der Waals surface area (Å²) < 4.78 is 5.05. The first-order chi connectivity index (χ1) is 10.1. The van der Waals surface area contributed by atoms with Crippen molar-refractivity contribution < 1.29 is 9.53 Å². The smallest absolute Gasteiger partial charge is 0.251 e. The Balaban J connectivity index is 2.03. The van der Waals surface area contributed by atoms with Crippen LogP contribution in [0.3, 0.4) is 0 Å². The fraction of sp³-hybridized carbons (Fsp3) is 0.267. The molecule has 1 aromatic carbocycles. The predicted octanol–water partition coefficient (Wildman–Crippen LogP) is 2.32. The molecule has 0 atom stereocenters. The molecule has 1 heterocycles. The van der Waals surface area contributed by atoms with Gasteiger partial charge in [-0.25, -0.2) is 4.98 Å². The van der Waals surface area contributed by atoms with Crippen LogP contribution in [0.1, 0.15) is 23.0 Å². The van der Waals surface area contributed by atoms with Crippen molar-refractivity contribution in [3.8, 4) is 5.75 Å². The number of nitrogens with zero attached hydrogens (tertiary/aromatic N) is 1. The average molecular weight is 304 g/mol. The largest absolute Gasteiger partial charge is 0.497 e. The fourth-order valence-electron chi connectivity index (χ4n) is 1.73. The summed E-state index contributed by atoms with van der Waals surface area (Å²) in [5.74, 6) is 0.913. The summed E-state index contributed by atoms with van der Waals surface area (Å²) in [5.41, 5.74) is 1.14. The van der Waals surface area contributed by atoms with Gasteiger partial charge in [0, 0.05) is 17.3 Å². The van der Waals surface area contributed by atoms with Crippen LogP contribution >= 0.6 is 11.8 Å². The van der Waals surface area contributed by atoms with Gasteiger partial charge in [0.05, 0.1) is 12.9 Å². The van der Waals surface area contributed by atoms with E-state index in [4.69, 9.17) is 4.74 Å².